The summed E-state index contributed by atoms with van der Waals surface area (Å²) in [5.41, 5.74) is 3.33. The minimum atomic E-state index is -0.372. The molecule has 0 saturated heterocycles. The Labute approximate surface area is 134 Å². The van der Waals surface area contributed by atoms with Crippen LogP contribution in [0.2, 0.25) is 0 Å². The molecule has 1 aliphatic rings. The lowest BCUT2D eigenvalue weighted by molar-refractivity contribution is 0.104. The molecule has 0 heterocycles. The Hall–Kier alpha value is -3.19. The molecule has 0 spiro atoms. The monoisotopic (exact) mass is 302 g/mol. The summed E-state index contributed by atoms with van der Waals surface area (Å²) in [5.74, 6) is -0.557. The summed E-state index contributed by atoms with van der Waals surface area (Å²) < 4.78 is 0. The van der Waals surface area contributed by atoms with Crippen molar-refractivity contribution in [1.29, 1.82) is 5.26 Å². The lowest BCUT2D eigenvalue weighted by atomic mass is 10.1. The first-order valence-corrected chi connectivity index (χ1v) is 7.16. The van der Waals surface area contributed by atoms with Gasteiger partial charge < -0.3 is 5.11 Å². The van der Waals surface area contributed by atoms with Gasteiger partial charge in [-0.3, -0.25) is 4.79 Å². The minimum Gasteiger partial charge on any atom is -0.506 e. The molecule has 0 aromatic heterocycles. The highest BCUT2D eigenvalue weighted by Gasteiger charge is 2.32. The van der Waals surface area contributed by atoms with Gasteiger partial charge in [0.25, 0.3) is 0 Å². The maximum atomic E-state index is 12.5. The van der Waals surface area contributed by atoms with Crippen molar-refractivity contribution in [3.05, 3.63) is 70.3 Å². The molecule has 3 rings (SSSR count). The zero-order valence-electron chi connectivity index (χ0n) is 12.8. The van der Waals surface area contributed by atoms with Crippen LogP contribution in [0.3, 0.4) is 0 Å². The Morgan fingerprint density at radius 3 is 2.43 bits per heavy atom. The number of aliphatic hydroxyl groups excluding tert-OH is 1. The number of rotatable bonds is 2. The van der Waals surface area contributed by atoms with Gasteiger partial charge in [-0.05, 0) is 25.5 Å². The molecular weight excluding hydrogens is 288 g/mol. The van der Waals surface area contributed by atoms with Crippen molar-refractivity contribution in [3.8, 4) is 6.07 Å². The van der Waals surface area contributed by atoms with E-state index in [0.717, 1.165) is 11.1 Å². The molecule has 0 radical (unpaired) electrons. The number of aliphatic imine (C=N–C) groups is 1. The summed E-state index contributed by atoms with van der Waals surface area (Å²) in [6.45, 7) is 3.86. The average Bonchev–Trinajstić information content (AvgIpc) is 2.79. The van der Waals surface area contributed by atoms with Crippen LogP contribution >= 0.6 is 0 Å². The Balaban J connectivity index is 2.13. The molecule has 0 atom stereocenters. The number of Topliss-reactive ketones (excluding diaryl/α,β-unsaturated/α-hetero) is 1. The van der Waals surface area contributed by atoms with E-state index in [0.29, 0.717) is 16.8 Å². The second kappa shape index (κ2) is 5.54. The summed E-state index contributed by atoms with van der Waals surface area (Å²) in [4.78, 5) is 16.8. The number of hydrogen-bond acceptors (Lipinski definition) is 4. The quantitative estimate of drug-likeness (QED) is 0.850. The molecule has 2 aromatic rings. The second-order valence-corrected chi connectivity index (χ2v) is 5.46. The van der Waals surface area contributed by atoms with E-state index >= 15 is 0 Å². The van der Waals surface area contributed by atoms with Crippen molar-refractivity contribution in [3.63, 3.8) is 0 Å². The first kappa shape index (κ1) is 14.7. The van der Waals surface area contributed by atoms with Crippen LogP contribution in [0.25, 0.3) is 5.76 Å². The molecule has 2 aromatic carbocycles. The average molecular weight is 302 g/mol. The molecule has 0 amide bonds. The third-order valence-electron chi connectivity index (χ3n) is 3.82. The normalized spacial score (nSPS) is 14.0. The number of hydrogen-bond donors (Lipinski definition) is 1. The highest BCUT2D eigenvalue weighted by atomic mass is 16.3. The predicted octanol–water partition coefficient (Wildman–Crippen LogP) is 4.07. The lowest BCUT2D eigenvalue weighted by Crippen LogP contribution is -2.09. The first-order chi connectivity index (χ1) is 11.0. The molecule has 1 aliphatic carbocycles. The summed E-state index contributed by atoms with van der Waals surface area (Å²) in [6, 6.07) is 14.3. The van der Waals surface area contributed by atoms with Crippen molar-refractivity contribution in [2.75, 3.05) is 0 Å². The summed E-state index contributed by atoms with van der Waals surface area (Å²) >= 11 is 0. The van der Waals surface area contributed by atoms with Crippen LogP contribution in [0.4, 0.5) is 5.69 Å². The summed E-state index contributed by atoms with van der Waals surface area (Å²) in [7, 11) is 0. The Morgan fingerprint density at radius 1 is 1.13 bits per heavy atom. The highest BCUT2D eigenvalue weighted by Crippen LogP contribution is 2.32. The fourth-order valence-corrected chi connectivity index (χ4v) is 2.67. The topological polar surface area (TPSA) is 73.4 Å². The van der Waals surface area contributed by atoms with Gasteiger partial charge in [0.2, 0.25) is 0 Å². The van der Waals surface area contributed by atoms with Gasteiger partial charge >= 0.3 is 0 Å². The molecule has 112 valence electrons. The molecule has 23 heavy (non-hydrogen) atoms. The van der Waals surface area contributed by atoms with Gasteiger partial charge in [0.1, 0.15) is 17.4 Å². The van der Waals surface area contributed by atoms with Crippen molar-refractivity contribution in [1.82, 2.24) is 0 Å². The van der Waals surface area contributed by atoms with E-state index in [1.165, 1.54) is 0 Å². The second-order valence-electron chi connectivity index (χ2n) is 5.46. The SMILES string of the molecule is Cc1ccc(N=C(C#N)C2=C(O)c3ccccc3C2=O)c(C)c1. The molecule has 4 nitrogen and oxygen atoms in total. The molecule has 0 unspecified atom stereocenters. The zero-order valence-corrected chi connectivity index (χ0v) is 12.8. The number of nitriles is 1. The van der Waals surface area contributed by atoms with E-state index in [9.17, 15) is 15.2 Å². The van der Waals surface area contributed by atoms with Gasteiger partial charge in [0.15, 0.2) is 11.5 Å². The third-order valence-corrected chi connectivity index (χ3v) is 3.82. The number of aryl methyl sites for hydroxylation is 2. The van der Waals surface area contributed by atoms with Crippen LogP contribution in [-0.2, 0) is 0 Å². The van der Waals surface area contributed by atoms with Crippen LogP contribution in [0.5, 0.6) is 0 Å². The van der Waals surface area contributed by atoms with Gasteiger partial charge in [-0.15, -0.1) is 0 Å². The predicted molar refractivity (Wildman–Crippen MR) is 88.9 cm³/mol. The standard InChI is InChI=1S/C19H14N2O2/c1-11-7-8-15(12(2)9-11)21-16(10-20)17-18(22)13-5-3-4-6-14(13)19(17)23/h3-9,22H,1-2H3. The summed E-state index contributed by atoms with van der Waals surface area (Å²) in [6.07, 6.45) is 0. The number of ketones is 1. The maximum absolute atomic E-state index is 12.5. The van der Waals surface area contributed by atoms with E-state index in [1.807, 2.05) is 32.0 Å². The molecule has 0 saturated carbocycles. The van der Waals surface area contributed by atoms with Crippen LogP contribution in [0.1, 0.15) is 27.0 Å². The van der Waals surface area contributed by atoms with Crippen molar-refractivity contribution < 1.29 is 9.90 Å². The Morgan fingerprint density at radius 2 is 1.83 bits per heavy atom. The number of allylic oxidation sites excluding steroid dienone is 1. The van der Waals surface area contributed by atoms with E-state index in [4.69, 9.17) is 0 Å². The lowest BCUT2D eigenvalue weighted by Gasteiger charge is -2.04. The van der Waals surface area contributed by atoms with Gasteiger partial charge in [-0.2, -0.15) is 5.26 Å². The van der Waals surface area contributed by atoms with Crippen molar-refractivity contribution in [2.24, 2.45) is 4.99 Å². The molecular formula is C19H14N2O2. The Kier molecular flexibility index (Phi) is 3.55. The fourth-order valence-electron chi connectivity index (χ4n) is 2.67. The van der Waals surface area contributed by atoms with Crippen LogP contribution in [-0.4, -0.2) is 16.6 Å². The van der Waals surface area contributed by atoms with Crippen molar-refractivity contribution in [2.45, 2.75) is 13.8 Å². The highest BCUT2D eigenvalue weighted by molar-refractivity contribution is 6.39. The number of nitrogens with zero attached hydrogens (tertiary/aromatic N) is 2. The molecule has 1 N–H and O–H groups in total. The maximum Gasteiger partial charge on any atom is 0.200 e. The van der Waals surface area contributed by atoms with Crippen LogP contribution < -0.4 is 0 Å². The number of aliphatic hydroxyl groups is 1. The third kappa shape index (κ3) is 2.43. The Bertz CT molecular complexity index is 931. The zero-order chi connectivity index (χ0) is 16.6. The minimum absolute atomic E-state index is 0.0336. The fraction of sp³-hybridized carbons (Fsp3) is 0.105. The largest absolute Gasteiger partial charge is 0.506 e. The first-order valence-electron chi connectivity index (χ1n) is 7.16. The van der Waals surface area contributed by atoms with E-state index < -0.39 is 0 Å². The van der Waals surface area contributed by atoms with Gasteiger partial charge in [0.05, 0.1) is 5.69 Å². The van der Waals surface area contributed by atoms with Crippen LogP contribution in [0.15, 0.2) is 53.0 Å². The smallest absolute Gasteiger partial charge is 0.200 e. The van der Waals surface area contributed by atoms with Crippen molar-refractivity contribution >= 4 is 22.9 Å². The molecule has 0 bridgehead atoms. The van der Waals surface area contributed by atoms with E-state index in [2.05, 4.69) is 4.99 Å². The number of carbonyl (C=O) groups excluding carboxylic acids is 1. The van der Waals surface area contributed by atoms with E-state index in [1.54, 1.807) is 30.3 Å². The van der Waals surface area contributed by atoms with Gasteiger partial charge in [-0.1, -0.05) is 42.0 Å². The van der Waals surface area contributed by atoms with Crippen LogP contribution in [0, 0.1) is 25.2 Å². The number of fused-ring (bicyclic) bond motifs is 1. The summed E-state index contributed by atoms with van der Waals surface area (Å²) in [5, 5.41) is 19.8. The van der Waals surface area contributed by atoms with Gasteiger partial charge in [-0.25, -0.2) is 4.99 Å². The molecule has 0 aliphatic heterocycles. The molecule has 4 heteroatoms. The molecule has 0 fully saturated rings. The number of carbonyl (C=O) groups is 1. The van der Waals surface area contributed by atoms with E-state index in [-0.39, 0.29) is 22.8 Å². The van der Waals surface area contributed by atoms with Gasteiger partial charge in [0, 0.05) is 11.1 Å². The number of benzene rings is 2.